The molecule has 0 aromatic carbocycles. The number of nitrogens with one attached hydrogen (secondary N) is 2. The molecule has 24 heteroatoms. The SMILES string of the molecule is COC(OC)c1cccc(C(OC)OC)[nH+]1.COC(OC)c1cccc(C(OC)OC)[nH+]1.F[P-](F)(F)(F)(F)F.F[P-](F)(F)(F)(F)F. The second kappa shape index (κ2) is 16.4. The summed E-state index contributed by atoms with van der Waals surface area (Å²) in [5.41, 5.74) is 3.23. The fourth-order valence-corrected chi connectivity index (χ4v) is 2.96. The van der Waals surface area contributed by atoms with Gasteiger partial charge < -0.3 is 37.9 Å². The van der Waals surface area contributed by atoms with Crippen molar-refractivity contribution in [3.8, 4) is 0 Å². The van der Waals surface area contributed by atoms with Gasteiger partial charge in [0.15, 0.2) is 0 Å². The summed E-state index contributed by atoms with van der Waals surface area (Å²) in [5, 5.41) is 0. The van der Waals surface area contributed by atoms with E-state index in [2.05, 4.69) is 9.97 Å². The summed E-state index contributed by atoms with van der Waals surface area (Å²) >= 11 is 0. The molecule has 2 aromatic rings. The van der Waals surface area contributed by atoms with E-state index in [0.29, 0.717) is 0 Å². The zero-order chi connectivity index (χ0) is 36.7. The molecule has 0 aliphatic carbocycles. The zero-order valence-corrected chi connectivity index (χ0v) is 27.3. The van der Waals surface area contributed by atoms with Crippen molar-refractivity contribution in [1.82, 2.24) is 0 Å². The van der Waals surface area contributed by atoms with Crippen molar-refractivity contribution in [2.45, 2.75) is 25.2 Å². The summed E-state index contributed by atoms with van der Waals surface area (Å²) in [4.78, 5) is 6.30. The fraction of sp³-hybridized carbons (Fsp3) is 0.545. The number of aromatic amines is 2. The summed E-state index contributed by atoms with van der Waals surface area (Å²) in [5.74, 6) is 0. The third-order valence-electron chi connectivity index (χ3n) is 4.41. The number of halogens is 12. The predicted octanol–water partition coefficient (Wildman–Crippen LogP) is 8.93. The second-order valence-corrected chi connectivity index (χ2v) is 12.1. The molecule has 0 aliphatic rings. The van der Waals surface area contributed by atoms with Crippen molar-refractivity contribution in [3.05, 3.63) is 59.2 Å². The Morgan fingerprint density at radius 1 is 0.370 bits per heavy atom. The molecule has 2 rings (SSSR count). The van der Waals surface area contributed by atoms with Crippen LogP contribution in [0.15, 0.2) is 36.4 Å². The van der Waals surface area contributed by atoms with E-state index in [0.717, 1.165) is 22.8 Å². The van der Waals surface area contributed by atoms with Crippen molar-refractivity contribution in [2.24, 2.45) is 0 Å². The van der Waals surface area contributed by atoms with Crippen molar-refractivity contribution in [3.63, 3.8) is 0 Å². The number of ether oxygens (including phenoxy) is 8. The van der Waals surface area contributed by atoms with Crippen LogP contribution in [0.4, 0.5) is 50.4 Å². The normalized spacial score (nSPS) is 15.0. The Balaban J connectivity index is 0. The van der Waals surface area contributed by atoms with E-state index in [4.69, 9.17) is 37.9 Å². The van der Waals surface area contributed by atoms with E-state index in [9.17, 15) is 50.4 Å². The Hall–Kier alpha value is -2.00. The Morgan fingerprint density at radius 2 is 0.500 bits per heavy atom. The Morgan fingerprint density at radius 3 is 0.609 bits per heavy atom. The van der Waals surface area contributed by atoms with Crippen LogP contribution in [0.3, 0.4) is 0 Å². The predicted molar refractivity (Wildman–Crippen MR) is 140 cm³/mol. The number of pyridine rings is 2. The van der Waals surface area contributed by atoms with Crippen LogP contribution >= 0.6 is 15.6 Å². The molecular formula is C22H36F12N2O8P2. The van der Waals surface area contributed by atoms with Gasteiger partial charge in [-0.1, -0.05) is 0 Å². The summed E-state index contributed by atoms with van der Waals surface area (Å²) in [7, 11) is -8.66. The minimum atomic E-state index is -10.7. The Bertz CT molecular complexity index is 996. The van der Waals surface area contributed by atoms with Crippen LogP contribution in [0.1, 0.15) is 47.9 Å². The zero-order valence-electron chi connectivity index (χ0n) is 25.5. The van der Waals surface area contributed by atoms with Crippen molar-refractivity contribution >= 4 is 15.6 Å². The van der Waals surface area contributed by atoms with Crippen LogP contribution in [-0.2, 0) is 37.9 Å². The van der Waals surface area contributed by atoms with Crippen LogP contribution < -0.4 is 9.97 Å². The molecule has 0 aliphatic heterocycles. The molecule has 0 radical (unpaired) electrons. The van der Waals surface area contributed by atoms with Gasteiger partial charge in [0.05, 0.1) is 0 Å². The molecular weight excluding hydrogens is 710 g/mol. The second-order valence-electron chi connectivity index (χ2n) is 8.25. The quantitative estimate of drug-likeness (QED) is 0.121. The summed E-state index contributed by atoms with van der Waals surface area (Å²) in [6.45, 7) is 0. The van der Waals surface area contributed by atoms with Gasteiger partial charge >= 0.3 is 66.0 Å². The number of aromatic nitrogens is 2. The van der Waals surface area contributed by atoms with Crippen molar-refractivity contribution < 1.29 is 98.2 Å². The number of rotatable bonds is 12. The summed E-state index contributed by atoms with van der Waals surface area (Å²) < 4.78 is 160. The molecule has 10 nitrogen and oxygen atoms in total. The van der Waals surface area contributed by atoms with Gasteiger partial charge in [-0.25, -0.2) is 9.97 Å². The summed E-state index contributed by atoms with van der Waals surface area (Å²) in [6, 6.07) is 11.3. The maximum absolute atomic E-state index is 10.7. The Kier molecular flexibility index (Phi) is 16.4. The van der Waals surface area contributed by atoms with Gasteiger partial charge in [-0.3, -0.25) is 0 Å². The topological polar surface area (TPSA) is 102 Å². The van der Waals surface area contributed by atoms with Gasteiger partial charge in [-0.2, -0.15) is 0 Å². The van der Waals surface area contributed by atoms with E-state index < -0.39 is 40.8 Å². The third kappa shape index (κ3) is 28.2. The first-order valence-electron chi connectivity index (χ1n) is 11.8. The molecule has 0 spiro atoms. The molecule has 46 heavy (non-hydrogen) atoms. The van der Waals surface area contributed by atoms with Gasteiger partial charge in [0.2, 0.25) is 47.9 Å². The maximum atomic E-state index is 9.87. The van der Waals surface area contributed by atoms with Crippen LogP contribution in [0.5, 0.6) is 0 Å². The molecule has 0 saturated heterocycles. The molecule has 276 valence electrons. The van der Waals surface area contributed by atoms with Gasteiger partial charge in [0.1, 0.15) is 0 Å². The van der Waals surface area contributed by atoms with Crippen LogP contribution in [0.25, 0.3) is 0 Å². The van der Waals surface area contributed by atoms with Crippen LogP contribution in [0.2, 0.25) is 0 Å². The van der Waals surface area contributed by atoms with Gasteiger partial charge in [0, 0.05) is 81.1 Å². The van der Waals surface area contributed by atoms with Gasteiger partial charge in [-0.05, 0) is 12.1 Å². The van der Waals surface area contributed by atoms with Gasteiger partial charge in [-0.15, -0.1) is 0 Å². The minimum absolute atomic E-state index is 0.422. The monoisotopic (exact) mass is 746 g/mol. The number of H-pyrrole nitrogens is 2. The molecule has 0 bridgehead atoms. The number of hydrogen-bond acceptors (Lipinski definition) is 8. The molecule has 0 fully saturated rings. The fourth-order valence-electron chi connectivity index (χ4n) is 2.96. The van der Waals surface area contributed by atoms with E-state index in [1.54, 1.807) is 56.9 Å². The standard InChI is InChI=1S/2C11H17NO4.2F6P/c2*1-13-10(14-2)8-6-5-7-9(12-8)11(15-3)16-4;2*1-7(2,3,4,5)6/h2*5-7,10-11H,1-4H3;;/q;;2*-1/p+2. The van der Waals surface area contributed by atoms with Crippen molar-refractivity contribution in [2.75, 3.05) is 56.9 Å². The number of hydrogen-bond donors (Lipinski definition) is 0. The molecule has 0 saturated carbocycles. The average Bonchev–Trinajstić information content (AvgIpc) is 2.89. The molecule has 0 atom stereocenters. The average molecular weight is 746 g/mol. The first-order valence-corrected chi connectivity index (χ1v) is 15.9. The van der Waals surface area contributed by atoms with Crippen molar-refractivity contribution in [1.29, 1.82) is 0 Å². The first kappa shape index (κ1) is 46.1. The summed E-state index contributed by atoms with van der Waals surface area (Å²) in [6.07, 6.45) is -1.69. The first-order chi connectivity index (χ1) is 20.4. The van der Waals surface area contributed by atoms with E-state index in [1.165, 1.54) is 0 Å². The third-order valence-corrected chi connectivity index (χ3v) is 4.41. The Labute approximate surface area is 255 Å². The number of methoxy groups -OCH3 is 8. The molecule has 0 amide bonds. The van der Waals surface area contributed by atoms with Crippen LogP contribution in [-0.4, -0.2) is 56.9 Å². The van der Waals surface area contributed by atoms with E-state index in [-0.39, 0.29) is 0 Å². The van der Waals surface area contributed by atoms with E-state index in [1.807, 2.05) is 36.4 Å². The van der Waals surface area contributed by atoms with E-state index >= 15 is 0 Å². The molecule has 2 aromatic heterocycles. The molecule has 2 N–H and O–H groups in total. The van der Waals surface area contributed by atoms with Gasteiger partial charge in [0.25, 0.3) is 0 Å². The molecule has 0 unspecified atom stereocenters. The molecule has 2 heterocycles. The van der Waals surface area contributed by atoms with Crippen LogP contribution in [0, 0.1) is 0 Å².